The maximum atomic E-state index is 10.3. The molecule has 0 rings (SSSR count). The molecule has 4 heteroatoms. The van der Waals surface area contributed by atoms with Crippen molar-refractivity contribution in [1.29, 1.82) is 0 Å². The Morgan fingerprint density at radius 1 is 0.682 bits per heavy atom. The first-order valence-electron chi connectivity index (χ1n) is 8.99. The Balaban J connectivity index is -0.000000301. The van der Waals surface area contributed by atoms with Crippen LogP contribution in [0.1, 0.15) is 113 Å². The van der Waals surface area contributed by atoms with Gasteiger partial charge in [0.25, 0.3) is 0 Å². The molecule has 0 aliphatic rings. The van der Waals surface area contributed by atoms with E-state index in [0.29, 0.717) is 6.42 Å². The maximum Gasteiger partial charge on any atom is 1.00 e. The summed E-state index contributed by atoms with van der Waals surface area (Å²) in [6.07, 6.45) is 20.2. The van der Waals surface area contributed by atoms with Crippen molar-refractivity contribution in [3.63, 3.8) is 0 Å². The third-order valence-electron chi connectivity index (χ3n) is 3.99. The molecule has 22 heavy (non-hydrogen) atoms. The number of hydrogen-bond acceptors (Lipinski definition) is 1. The number of hydrogen-bond donors (Lipinski definition) is 1. The fourth-order valence-corrected chi connectivity index (χ4v) is 2.65. The smallest absolute Gasteiger partial charge is 1.00 e. The van der Waals surface area contributed by atoms with Crippen LogP contribution >= 0.6 is 0 Å². The second-order valence-corrected chi connectivity index (χ2v) is 6.09. The summed E-state index contributed by atoms with van der Waals surface area (Å²) in [4.78, 5) is 10.3. The molecule has 0 aromatic carbocycles. The van der Waals surface area contributed by atoms with E-state index in [1.165, 1.54) is 83.5 Å². The molecule has 124 valence electrons. The molecule has 0 aromatic heterocycles. The zero-order chi connectivity index (χ0) is 14.9. The molecule has 0 unspecified atom stereocenters. The van der Waals surface area contributed by atoms with Crippen molar-refractivity contribution in [1.82, 2.24) is 0 Å². The molecule has 2 nitrogen and oxygen atoms in total. The fourth-order valence-electron chi connectivity index (χ4n) is 2.65. The topological polar surface area (TPSA) is 37.3 Å². The maximum absolute atomic E-state index is 10.3. The molecule has 0 saturated heterocycles. The Bertz CT molecular complexity index is 223. The summed E-state index contributed by atoms with van der Waals surface area (Å²) in [7, 11) is 0. The van der Waals surface area contributed by atoms with E-state index in [-0.39, 0.29) is 83.8 Å². The average Bonchev–Trinajstić information content (AvgIpc) is 2.43. The van der Waals surface area contributed by atoms with Crippen molar-refractivity contribution < 1.29 is 93.7 Å². The third kappa shape index (κ3) is 27.0. The minimum atomic E-state index is -0.653. The van der Waals surface area contributed by atoms with Crippen molar-refractivity contribution >= 4 is 5.97 Å². The van der Waals surface area contributed by atoms with E-state index in [9.17, 15) is 4.79 Å². The van der Waals surface area contributed by atoms with Crippen LogP contribution in [0.4, 0.5) is 0 Å². The number of carbonyl (C=O) groups is 1. The Labute approximate surface area is 206 Å². The van der Waals surface area contributed by atoms with E-state index in [4.69, 9.17) is 5.11 Å². The minimum Gasteiger partial charge on any atom is -1.00 e. The van der Waals surface area contributed by atoms with Crippen molar-refractivity contribution in [2.75, 3.05) is 0 Å². The van der Waals surface area contributed by atoms with Gasteiger partial charge in [0.15, 0.2) is 0 Å². The van der Waals surface area contributed by atoms with Gasteiger partial charge >= 0.3 is 86.9 Å². The van der Waals surface area contributed by atoms with Gasteiger partial charge in [0.05, 0.1) is 0 Å². The first-order chi connectivity index (χ1) is 9.77. The second-order valence-electron chi connectivity index (χ2n) is 6.09. The van der Waals surface area contributed by atoms with Crippen LogP contribution in [0, 0.1) is 0 Å². The molecule has 0 aliphatic carbocycles. The molecule has 0 fully saturated rings. The predicted octanol–water partition coefficient (Wildman–Crippen LogP) is 0.566. The molecule has 0 aromatic rings. The van der Waals surface area contributed by atoms with Crippen LogP contribution < -0.4 is 80.9 Å². The molecule has 0 amide bonds. The predicted molar refractivity (Wildman–Crippen MR) is 89.4 cm³/mol. The molecular weight excluding hydrogens is 310 g/mol. The molecule has 1 N–H and O–H groups in total. The van der Waals surface area contributed by atoms with Gasteiger partial charge in [0.2, 0.25) is 0 Å². The van der Waals surface area contributed by atoms with Crippen LogP contribution in [0.3, 0.4) is 0 Å². The summed E-state index contributed by atoms with van der Waals surface area (Å²) >= 11 is 0. The normalized spacial score (nSPS) is 9.86. The first-order valence-corrected chi connectivity index (χ1v) is 8.99. The van der Waals surface area contributed by atoms with Crippen molar-refractivity contribution in [3.05, 3.63) is 0 Å². The molecule has 0 atom stereocenters. The number of unbranched alkanes of at least 4 members (excludes halogenated alkanes) is 14. The molecule has 0 radical (unpaired) electrons. The molecule has 0 spiro atoms. The second kappa shape index (κ2) is 25.3. The van der Waals surface area contributed by atoms with Crippen LogP contribution in [0.15, 0.2) is 0 Å². The number of aliphatic carboxylic acids is 1. The van der Waals surface area contributed by atoms with Gasteiger partial charge in [-0.1, -0.05) is 96.8 Å². The fraction of sp³-hybridized carbons (Fsp3) is 0.944. The number of carboxylic acid groups (broad SMARTS) is 1. The van der Waals surface area contributed by atoms with Crippen molar-refractivity contribution in [2.45, 2.75) is 110 Å². The standard InChI is InChI=1S/C18H36O2.K.Na.2H/c1-2-3-4-5-6-7-8-9-10-11-12-13-14-15-16-17-18(19)20;;;;/h2-17H2,1H3,(H,19,20);;;;/q;2*+1;2*-1. The Kier molecular flexibility index (Phi) is 33.3. The Morgan fingerprint density at radius 2 is 0.955 bits per heavy atom. The van der Waals surface area contributed by atoms with E-state index in [0.717, 1.165) is 12.8 Å². The number of carboxylic acids is 1. The SMILES string of the molecule is CCCCCCCCCCCCCCCCCC(=O)O.[H-].[H-].[K+].[Na+]. The van der Waals surface area contributed by atoms with Gasteiger partial charge in [-0.05, 0) is 6.42 Å². The summed E-state index contributed by atoms with van der Waals surface area (Å²) in [6, 6.07) is 0. The summed E-state index contributed by atoms with van der Waals surface area (Å²) in [6.45, 7) is 2.27. The monoisotopic (exact) mass is 348 g/mol. The summed E-state index contributed by atoms with van der Waals surface area (Å²) in [5, 5.41) is 8.52. The van der Waals surface area contributed by atoms with Gasteiger partial charge in [-0.3, -0.25) is 4.79 Å². The van der Waals surface area contributed by atoms with E-state index in [2.05, 4.69) is 6.92 Å². The van der Waals surface area contributed by atoms with E-state index < -0.39 is 5.97 Å². The quantitative estimate of drug-likeness (QED) is 0.327. The largest absolute Gasteiger partial charge is 1.00 e. The average molecular weight is 349 g/mol. The zero-order valence-electron chi connectivity index (χ0n) is 17.7. The van der Waals surface area contributed by atoms with Gasteiger partial charge in [0.1, 0.15) is 0 Å². The van der Waals surface area contributed by atoms with Crippen LogP contribution in [0.5, 0.6) is 0 Å². The van der Waals surface area contributed by atoms with Crippen molar-refractivity contribution in [3.8, 4) is 0 Å². The van der Waals surface area contributed by atoms with Gasteiger partial charge < -0.3 is 7.96 Å². The van der Waals surface area contributed by atoms with E-state index in [1.807, 2.05) is 0 Å². The molecule has 0 aliphatic heterocycles. The van der Waals surface area contributed by atoms with Crippen molar-refractivity contribution in [2.24, 2.45) is 0 Å². The Hall–Kier alpha value is 2.11. The van der Waals surface area contributed by atoms with Crippen LogP contribution in [0.2, 0.25) is 0 Å². The molecule has 0 saturated carbocycles. The zero-order valence-corrected chi connectivity index (χ0v) is 20.8. The van der Waals surface area contributed by atoms with Gasteiger partial charge in [-0.15, -0.1) is 0 Å². The molecule has 0 bridgehead atoms. The van der Waals surface area contributed by atoms with Crippen LogP contribution in [-0.4, -0.2) is 11.1 Å². The minimum absolute atomic E-state index is 0. The first kappa shape index (κ1) is 28.9. The van der Waals surface area contributed by atoms with Crippen LogP contribution in [-0.2, 0) is 4.79 Å². The van der Waals surface area contributed by atoms with Gasteiger partial charge in [-0.2, -0.15) is 0 Å². The number of rotatable bonds is 16. The molecule has 0 heterocycles. The van der Waals surface area contributed by atoms with Gasteiger partial charge in [-0.25, -0.2) is 0 Å². The Morgan fingerprint density at radius 3 is 1.23 bits per heavy atom. The van der Waals surface area contributed by atoms with E-state index >= 15 is 0 Å². The summed E-state index contributed by atoms with van der Waals surface area (Å²) in [5.74, 6) is -0.653. The summed E-state index contributed by atoms with van der Waals surface area (Å²) < 4.78 is 0. The molecular formula is C18H38KNaO2. The van der Waals surface area contributed by atoms with Gasteiger partial charge in [0, 0.05) is 6.42 Å². The third-order valence-corrected chi connectivity index (χ3v) is 3.99. The van der Waals surface area contributed by atoms with E-state index in [1.54, 1.807) is 0 Å². The van der Waals surface area contributed by atoms with Crippen LogP contribution in [0.25, 0.3) is 0 Å². The summed E-state index contributed by atoms with van der Waals surface area (Å²) in [5.41, 5.74) is 0.